The molecule has 0 aliphatic carbocycles. The molecule has 0 heterocycles. The summed E-state index contributed by atoms with van der Waals surface area (Å²) < 4.78 is 35.6. The lowest BCUT2D eigenvalue weighted by Crippen LogP contribution is -2.37. The van der Waals surface area contributed by atoms with Gasteiger partial charge in [0.1, 0.15) is 68.3 Å². The lowest BCUT2D eigenvalue weighted by atomic mass is 9.90. The van der Waals surface area contributed by atoms with Gasteiger partial charge in [0, 0.05) is 69.0 Å². The second-order valence-corrected chi connectivity index (χ2v) is 15.8. The Labute approximate surface area is 398 Å². The number of hydrogen-bond acceptors (Lipinski definition) is 15. The van der Waals surface area contributed by atoms with Crippen LogP contribution in [-0.4, -0.2) is 92.7 Å². The molecule has 348 valence electrons. The molecular formula is C51H52BFN8O7. The van der Waals surface area contributed by atoms with Gasteiger partial charge in [0.15, 0.2) is 0 Å². The molecule has 1 unspecified atom stereocenters. The van der Waals surface area contributed by atoms with Gasteiger partial charge in [-0.25, -0.2) is 18.8 Å². The van der Waals surface area contributed by atoms with E-state index in [4.69, 9.17) is 29.5 Å². The Morgan fingerprint density at radius 3 is 1.63 bits per heavy atom. The smallest absolute Gasteiger partial charge is 0.348 e. The fraction of sp³-hybridized carbons (Fsp3) is 0.294. The van der Waals surface area contributed by atoms with Gasteiger partial charge in [-0.15, -0.1) is 13.2 Å². The number of halogens is 1. The molecule has 3 rings (SSSR count). The number of aryl methyl sites for hydroxylation is 1. The normalized spacial score (nSPS) is 12.0. The fourth-order valence-corrected chi connectivity index (χ4v) is 6.46. The molecule has 17 heteroatoms. The van der Waals surface area contributed by atoms with Crippen LogP contribution in [0.5, 0.6) is 5.75 Å². The molecule has 0 aliphatic rings. The number of rotatable bonds is 25. The average Bonchev–Trinajstić information content (AvgIpc) is 3.34. The van der Waals surface area contributed by atoms with Gasteiger partial charge in [0.2, 0.25) is 6.86 Å². The molecule has 0 bridgehead atoms. The number of hydrogen-bond donors (Lipinski definition) is 0. The van der Waals surface area contributed by atoms with Crippen molar-refractivity contribution in [2.75, 3.05) is 81.7 Å². The summed E-state index contributed by atoms with van der Waals surface area (Å²) >= 11 is 0. The van der Waals surface area contributed by atoms with Gasteiger partial charge in [0.25, 0.3) is 0 Å². The Balaban J connectivity index is 1.95. The maximum Gasteiger partial charge on any atom is 0.348 e. The molecule has 3 aromatic rings. The number of carbonyl (C=O) groups is 3. The van der Waals surface area contributed by atoms with Crippen molar-refractivity contribution in [3.8, 4) is 36.1 Å². The first-order chi connectivity index (χ1) is 32.6. The summed E-state index contributed by atoms with van der Waals surface area (Å²) in [5.41, 5.74) is 2.21. The Morgan fingerprint density at radius 2 is 1.18 bits per heavy atom. The monoisotopic (exact) mass is 918 g/mol. The van der Waals surface area contributed by atoms with E-state index in [0.717, 1.165) is 16.9 Å². The summed E-state index contributed by atoms with van der Waals surface area (Å²) in [7, 11) is 5.45. The van der Waals surface area contributed by atoms with Gasteiger partial charge in [-0.2, -0.15) is 26.3 Å². The molecule has 0 radical (unpaired) electrons. The number of carbonyl (C=O) groups excluding carboxylic acids is 3. The third-order valence-corrected chi connectivity index (χ3v) is 10.3. The van der Waals surface area contributed by atoms with Crippen LogP contribution < -0.4 is 24.9 Å². The van der Waals surface area contributed by atoms with Crippen molar-refractivity contribution in [1.82, 2.24) is 0 Å². The van der Waals surface area contributed by atoms with Crippen LogP contribution in [0.3, 0.4) is 0 Å². The van der Waals surface area contributed by atoms with Crippen molar-refractivity contribution in [2.24, 2.45) is 5.41 Å². The highest BCUT2D eigenvalue weighted by Crippen LogP contribution is 2.28. The van der Waals surface area contributed by atoms with Gasteiger partial charge in [-0.3, -0.25) is 0 Å². The summed E-state index contributed by atoms with van der Waals surface area (Å²) in [5.74, 6) is -3.18. The minimum atomic E-state index is -1.52. The average molecular weight is 919 g/mol. The molecular weight excluding hydrogens is 866 g/mol. The van der Waals surface area contributed by atoms with Gasteiger partial charge < -0.3 is 33.6 Å². The quantitative estimate of drug-likeness (QED) is 0.0231. The lowest BCUT2D eigenvalue weighted by molar-refractivity contribution is -0.155. The highest BCUT2D eigenvalue weighted by molar-refractivity contribution is 6.36. The number of ether oxygens (including phenoxy) is 4. The third-order valence-electron chi connectivity index (χ3n) is 10.3. The van der Waals surface area contributed by atoms with Crippen LogP contribution >= 0.6 is 0 Å². The molecule has 0 aromatic heterocycles. The summed E-state index contributed by atoms with van der Waals surface area (Å²) in [4.78, 5) is 46.1. The van der Waals surface area contributed by atoms with E-state index in [1.807, 2.05) is 47.0 Å². The Morgan fingerprint density at radius 1 is 0.706 bits per heavy atom. The molecule has 3 aromatic carbocycles. The molecule has 0 saturated carbocycles. The Hall–Kier alpha value is -8.59. The molecule has 0 N–H and O–H groups in total. The minimum Gasteiger partial charge on any atom is -0.462 e. The van der Waals surface area contributed by atoms with Gasteiger partial charge in [-0.1, -0.05) is 41.9 Å². The van der Waals surface area contributed by atoms with E-state index >= 15 is 0 Å². The van der Waals surface area contributed by atoms with Crippen LogP contribution in [0.4, 0.5) is 21.5 Å². The molecule has 68 heavy (non-hydrogen) atoms. The van der Waals surface area contributed by atoms with Crippen LogP contribution in [0.2, 0.25) is 0 Å². The van der Waals surface area contributed by atoms with Crippen molar-refractivity contribution < 1.29 is 37.7 Å². The van der Waals surface area contributed by atoms with Crippen LogP contribution in [0.1, 0.15) is 42.0 Å². The Kier molecular flexibility index (Phi) is 21.4. The van der Waals surface area contributed by atoms with Crippen molar-refractivity contribution in [2.45, 2.75) is 26.7 Å². The largest absolute Gasteiger partial charge is 0.462 e. The number of nitriles is 5. The second kappa shape index (κ2) is 27.0. The van der Waals surface area contributed by atoms with Crippen LogP contribution in [-0.2, 0) is 28.6 Å². The van der Waals surface area contributed by atoms with Crippen LogP contribution in [0.25, 0.3) is 18.2 Å². The molecule has 0 amide bonds. The van der Waals surface area contributed by atoms with E-state index < -0.39 is 55.6 Å². The molecule has 0 aliphatic heterocycles. The molecule has 0 spiro atoms. The van der Waals surface area contributed by atoms with Crippen LogP contribution in [0, 0.1) is 69.0 Å². The number of nitrogens with zero attached hydrogens (tertiary/aromatic N) is 8. The summed E-state index contributed by atoms with van der Waals surface area (Å²) in [6, 6.07) is 25.1. The zero-order valence-corrected chi connectivity index (χ0v) is 38.9. The van der Waals surface area contributed by atoms with E-state index in [2.05, 4.69) is 25.3 Å². The zero-order valence-electron chi connectivity index (χ0n) is 38.9. The first-order valence-electron chi connectivity index (χ1n) is 21.1. The van der Waals surface area contributed by atoms with Gasteiger partial charge in [0.05, 0.1) is 30.4 Å². The van der Waals surface area contributed by atoms with E-state index in [1.54, 1.807) is 81.5 Å². The molecule has 0 saturated heterocycles. The molecule has 0 fully saturated rings. The van der Waals surface area contributed by atoms with E-state index in [1.165, 1.54) is 25.2 Å². The highest BCUT2D eigenvalue weighted by Gasteiger charge is 2.33. The summed E-state index contributed by atoms with van der Waals surface area (Å²) in [5, 5.41) is 47.9. The SMILES string of the molecule is Bc1cc(/C=C(\C#N)C(=O)OCC(C)(COC(=O)/C(C#N)=C/c2ccc(N(C)CCC#N)cc2)COC(=O)/C(C#N)=C/c2ccc(N(C)CCC#N)cc2C)c(OCF)cc1N(CC=C)CC=C. The third kappa shape index (κ3) is 15.8. The number of anilines is 3. The predicted octanol–water partition coefficient (Wildman–Crippen LogP) is 6.19. The van der Waals surface area contributed by atoms with E-state index in [-0.39, 0.29) is 22.5 Å². The van der Waals surface area contributed by atoms with Crippen molar-refractivity contribution in [3.63, 3.8) is 0 Å². The summed E-state index contributed by atoms with van der Waals surface area (Å²) in [6.45, 7) is 9.73. The minimum absolute atomic E-state index is 0.0334. The zero-order chi connectivity index (χ0) is 50.2. The summed E-state index contributed by atoms with van der Waals surface area (Å²) in [6.07, 6.45) is 7.87. The van der Waals surface area contributed by atoms with E-state index in [9.17, 15) is 34.6 Å². The predicted molar refractivity (Wildman–Crippen MR) is 260 cm³/mol. The van der Waals surface area contributed by atoms with Crippen molar-refractivity contribution in [1.29, 1.82) is 26.3 Å². The van der Waals surface area contributed by atoms with Gasteiger partial charge >= 0.3 is 17.9 Å². The fourth-order valence-electron chi connectivity index (χ4n) is 6.46. The molecule has 15 nitrogen and oxygen atoms in total. The highest BCUT2D eigenvalue weighted by atomic mass is 19.1. The first-order valence-corrected chi connectivity index (χ1v) is 21.1. The topological polar surface area (TPSA) is 217 Å². The number of esters is 3. The van der Waals surface area contributed by atoms with Crippen LogP contribution in [0.15, 0.2) is 96.6 Å². The van der Waals surface area contributed by atoms with Crippen molar-refractivity contribution in [3.05, 3.63) is 119 Å². The maximum absolute atomic E-state index is 13.6. The lowest BCUT2D eigenvalue weighted by Gasteiger charge is -2.28. The Bertz CT molecular complexity index is 2640. The standard InChI is InChI=1S/C51H52BFN8O7/c1-7-19-61(20-8-2)46-28-47(68-35-53)39(27-45(46)52)26-42(31-58)50(64)67-34-51(4,32-65-48(62)40(29-56)24-37-11-14-43(15-12-37)59(5)21-9-17-54)33-66-49(63)41(30-57)25-38-13-16-44(23-36(38)3)60(6)22-10-18-55/h7-8,11-16,23-28H,1-2,9-10,19-22,32-35,52H2,3-6H3/b40-24+,41-25+,42-26+. The number of benzene rings is 3. The van der Waals surface area contributed by atoms with Crippen molar-refractivity contribution >= 4 is 66.5 Å². The molecule has 1 atom stereocenters. The van der Waals surface area contributed by atoms with E-state index in [0.29, 0.717) is 61.3 Å². The van der Waals surface area contributed by atoms with Gasteiger partial charge in [-0.05, 0) is 73.0 Å². The maximum atomic E-state index is 13.6. The first kappa shape index (κ1) is 53.8. The second-order valence-electron chi connectivity index (χ2n) is 15.8. The number of alkyl halides is 1.